The molecule has 0 fully saturated rings. The van der Waals surface area contributed by atoms with Gasteiger partial charge in [0, 0.05) is 0 Å². The average Bonchev–Trinajstić information content (AvgIpc) is 2.95. The molecule has 0 aliphatic heterocycles. The summed E-state index contributed by atoms with van der Waals surface area (Å²) in [7, 11) is 0. The minimum atomic E-state index is 0.521. The van der Waals surface area contributed by atoms with Crippen molar-refractivity contribution >= 4 is 31.9 Å². The van der Waals surface area contributed by atoms with Crippen molar-refractivity contribution in [1.29, 1.82) is 0 Å². The van der Waals surface area contributed by atoms with Crippen LogP contribution in [0.3, 0.4) is 0 Å². The summed E-state index contributed by atoms with van der Waals surface area (Å²) in [6.45, 7) is 2.31. The molecule has 40 heavy (non-hydrogen) atoms. The van der Waals surface area contributed by atoms with Gasteiger partial charge in [0.25, 0.3) is 0 Å². The van der Waals surface area contributed by atoms with Crippen molar-refractivity contribution in [2.24, 2.45) is 0 Å². The smallest absolute Gasteiger partial charge is 0.0697 e. The van der Waals surface area contributed by atoms with Crippen molar-refractivity contribution in [3.63, 3.8) is 0 Å². The third-order valence-corrected chi connectivity index (χ3v) is 9.94. The molecule has 0 aromatic carbocycles. The van der Waals surface area contributed by atoms with Crippen LogP contribution >= 0.6 is 31.9 Å². The van der Waals surface area contributed by atoms with Crippen LogP contribution in [-0.2, 0) is 0 Å². The predicted octanol–water partition coefficient (Wildman–Crippen LogP) is 16.2. The molecular weight excluding hydrogens is 616 g/mol. The highest BCUT2D eigenvalue weighted by molar-refractivity contribution is 9.24. The lowest BCUT2D eigenvalue weighted by molar-refractivity contribution is 0.510. The van der Waals surface area contributed by atoms with Gasteiger partial charge >= 0.3 is 0 Å². The van der Waals surface area contributed by atoms with Crippen LogP contribution in [-0.4, -0.2) is 3.74 Å². The first-order valence-corrected chi connectivity index (χ1v) is 20.9. The molecule has 0 aromatic rings. The summed E-state index contributed by atoms with van der Waals surface area (Å²) in [5.74, 6) is 0. The fourth-order valence-corrected chi connectivity index (χ4v) is 6.85. The van der Waals surface area contributed by atoms with Gasteiger partial charge < -0.3 is 0 Å². The molecule has 0 nitrogen and oxygen atoms in total. The van der Waals surface area contributed by atoms with Crippen molar-refractivity contribution in [3.8, 4) is 0 Å². The van der Waals surface area contributed by atoms with Crippen molar-refractivity contribution < 1.29 is 0 Å². The zero-order chi connectivity index (χ0) is 29.0. The number of unbranched alkanes of at least 4 members (excludes halogenated alkanes) is 34. The third-order valence-electron chi connectivity index (χ3n) is 9.03. The van der Waals surface area contributed by atoms with Crippen LogP contribution in [0.25, 0.3) is 0 Å². The van der Waals surface area contributed by atoms with E-state index in [1.54, 1.807) is 0 Å². The molecule has 0 unspecified atom stereocenters. The second-order valence-electron chi connectivity index (χ2n) is 13.2. The fraction of sp³-hybridized carbons (Fsp3) is 1.00. The second-order valence-corrected chi connectivity index (χ2v) is 16.6. The summed E-state index contributed by atoms with van der Waals surface area (Å²) in [4.78, 5) is 0. The summed E-state index contributed by atoms with van der Waals surface area (Å²) in [6.07, 6.45) is 52.9. The summed E-state index contributed by atoms with van der Waals surface area (Å²) < 4.78 is 0.521. The Labute approximate surface area is 272 Å². The van der Waals surface area contributed by atoms with E-state index in [0.29, 0.717) is 3.74 Å². The lowest BCUT2D eigenvalue weighted by Gasteiger charge is -2.05. The summed E-state index contributed by atoms with van der Waals surface area (Å²) in [5.41, 5.74) is 0. The lowest BCUT2D eigenvalue weighted by atomic mass is 10.0. The minimum Gasteiger partial charge on any atom is -0.0765 e. The number of hydrogen-bond donors (Lipinski definition) is 0. The van der Waals surface area contributed by atoms with Gasteiger partial charge in [-0.15, -0.1) is 0 Å². The molecule has 0 bridgehead atoms. The van der Waals surface area contributed by atoms with Gasteiger partial charge in [-0.2, -0.15) is 0 Å². The maximum absolute atomic E-state index is 3.57. The largest absolute Gasteiger partial charge is 0.0765 e. The van der Waals surface area contributed by atoms with Crippen LogP contribution in [0.4, 0.5) is 0 Å². The van der Waals surface area contributed by atoms with Gasteiger partial charge in [-0.3, -0.25) is 0 Å². The van der Waals surface area contributed by atoms with E-state index in [1.165, 1.54) is 231 Å². The van der Waals surface area contributed by atoms with Gasteiger partial charge in [-0.25, -0.2) is 0 Å². The molecule has 0 saturated carbocycles. The van der Waals surface area contributed by atoms with E-state index < -0.39 is 0 Å². The quantitative estimate of drug-likeness (QED) is 0.0453. The van der Waals surface area contributed by atoms with E-state index in [1.807, 2.05) is 0 Å². The zero-order valence-corrected chi connectivity index (χ0v) is 31.0. The molecule has 0 N–H and O–H groups in total. The molecule has 0 radical (unpaired) electrons. The van der Waals surface area contributed by atoms with Crippen LogP contribution < -0.4 is 0 Å². The molecule has 0 spiro atoms. The predicted molar refractivity (Wildman–Crippen MR) is 194 cm³/mol. The maximum Gasteiger partial charge on any atom is 0.0697 e. The van der Waals surface area contributed by atoms with Gasteiger partial charge in [-0.05, 0) is 6.42 Å². The molecule has 0 saturated heterocycles. The monoisotopic (exact) mass is 690 g/mol. The highest BCUT2D eigenvalue weighted by Crippen LogP contribution is 2.19. The molecule has 0 amide bonds. The molecule has 0 heterocycles. The number of alkyl halides is 2. The SMILES string of the molecule is CCCCCCCCCCCCCCCCCCCCCCCCCCCCCCCCCCCCCC(Br)Br. The molecule has 0 aliphatic rings. The van der Waals surface area contributed by atoms with Crippen LogP contribution in [0.1, 0.15) is 238 Å². The average molecular weight is 693 g/mol. The van der Waals surface area contributed by atoms with Gasteiger partial charge in [0.1, 0.15) is 0 Å². The molecular formula is C38H76Br2. The Morgan fingerprint density at radius 2 is 0.400 bits per heavy atom. The Bertz CT molecular complexity index is 422. The van der Waals surface area contributed by atoms with Crippen molar-refractivity contribution in [3.05, 3.63) is 0 Å². The Kier molecular flexibility index (Phi) is 38.9. The minimum absolute atomic E-state index is 0.521. The second kappa shape index (κ2) is 38.0. The number of rotatable bonds is 36. The molecule has 0 rings (SSSR count). The van der Waals surface area contributed by atoms with Gasteiger partial charge in [0.2, 0.25) is 0 Å². The van der Waals surface area contributed by atoms with Crippen LogP contribution in [0.2, 0.25) is 0 Å². The first-order valence-electron chi connectivity index (χ1n) is 19.1. The van der Waals surface area contributed by atoms with E-state index in [2.05, 4.69) is 38.8 Å². The molecule has 0 atom stereocenters. The zero-order valence-electron chi connectivity index (χ0n) is 27.8. The van der Waals surface area contributed by atoms with Crippen LogP contribution in [0.5, 0.6) is 0 Å². The highest BCUT2D eigenvalue weighted by Gasteiger charge is 1.99. The Morgan fingerprint density at radius 3 is 0.550 bits per heavy atom. The number of halogens is 2. The van der Waals surface area contributed by atoms with E-state index in [4.69, 9.17) is 0 Å². The standard InChI is InChI=1S/C38H76Br2/c1-2-3-4-5-6-7-8-9-10-11-12-13-14-15-16-17-18-19-20-21-22-23-24-25-26-27-28-29-30-31-32-33-34-35-36-37-38(39)40/h38H,2-37H2,1H3. The van der Waals surface area contributed by atoms with Gasteiger partial charge in [0.05, 0.1) is 3.74 Å². The Balaban J connectivity index is 3.02. The molecule has 0 aromatic heterocycles. The van der Waals surface area contributed by atoms with E-state index >= 15 is 0 Å². The van der Waals surface area contributed by atoms with E-state index in [0.717, 1.165) is 0 Å². The lowest BCUT2D eigenvalue weighted by Crippen LogP contribution is -1.86. The molecule has 242 valence electrons. The fourth-order valence-electron chi connectivity index (χ4n) is 6.21. The van der Waals surface area contributed by atoms with Crippen LogP contribution in [0, 0.1) is 0 Å². The Hall–Kier alpha value is 0.960. The van der Waals surface area contributed by atoms with Crippen molar-refractivity contribution in [1.82, 2.24) is 0 Å². The van der Waals surface area contributed by atoms with E-state index in [9.17, 15) is 0 Å². The Morgan fingerprint density at radius 1 is 0.250 bits per heavy atom. The van der Waals surface area contributed by atoms with E-state index in [-0.39, 0.29) is 0 Å². The summed E-state index contributed by atoms with van der Waals surface area (Å²) in [5, 5.41) is 0. The van der Waals surface area contributed by atoms with Gasteiger partial charge in [0.15, 0.2) is 0 Å². The van der Waals surface area contributed by atoms with Crippen LogP contribution in [0.15, 0.2) is 0 Å². The normalized spacial score (nSPS) is 11.7. The van der Waals surface area contributed by atoms with Gasteiger partial charge in [-0.1, -0.05) is 264 Å². The first kappa shape index (κ1) is 41.0. The number of hydrogen-bond acceptors (Lipinski definition) is 0. The third kappa shape index (κ3) is 39.0. The summed E-state index contributed by atoms with van der Waals surface area (Å²) >= 11 is 7.13. The first-order chi connectivity index (χ1) is 19.8. The topological polar surface area (TPSA) is 0 Å². The molecule has 0 aliphatic carbocycles. The maximum atomic E-state index is 3.57. The summed E-state index contributed by atoms with van der Waals surface area (Å²) in [6, 6.07) is 0. The molecule has 2 heteroatoms. The highest BCUT2D eigenvalue weighted by atomic mass is 79.9. The van der Waals surface area contributed by atoms with Crippen molar-refractivity contribution in [2.75, 3.05) is 0 Å². The van der Waals surface area contributed by atoms with Crippen molar-refractivity contribution in [2.45, 2.75) is 242 Å².